The average molecular weight is 274 g/mol. The second kappa shape index (κ2) is 4.50. The van der Waals surface area contributed by atoms with Crippen LogP contribution in [-0.4, -0.2) is 29.3 Å². The van der Waals surface area contributed by atoms with Gasteiger partial charge in [-0.25, -0.2) is 4.79 Å². The van der Waals surface area contributed by atoms with Crippen molar-refractivity contribution in [3.05, 3.63) is 35.4 Å². The van der Waals surface area contributed by atoms with Gasteiger partial charge in [-0.2, -0.15) is 13.2 Å². The van der Waals surface area contributed by atoms with Gasteiger partial charge >= 0.3 is 12.1 Å². The van der Waals surface area contributed by atoms with Crippen molar-refractivity contribution in [2.45, 2.75) is 24.2 Å². The lowest BCUT2D eigenvalue weighted by molar-refractivity contribution is -0.209. The van der Waals surface area contributed by atoms with Crippen molar-refractivity contribution >= 4 is 5.97 Å². The van der Waals surface area contributed by atoms with Crippen LogP contribution in [0.3, 0.4) is 0 Å². The van der Waals surface area contributed by atoms with Crippen LogP contribution >= 0.6 is 0 Å². The van der Waals surface area contributed by atoms with E-state index in [1.807, 2.05) is 0 Å². The number of halogens is 3. The summed E-state index contributed by atoms with van der Waals surface area (Å²) in [6.45, 7) is 0.254. The van der Waals surface area contributed by atoms with Crippen molar-refractivity contribution in [1.82, 2.24) is 5.32 Å². The number of hydrogen-bond donors (Lipinski definition) is 3. The van der Waals surface area contributed by atoms with Gasteiger partial charge in [-0.1, -0.05) is 24.3 Å². The molecule has 0 bridgehead atoms. The summed E-state index contributed by atoms with van der Waals surface area (Å²) >= 11 is 0. The van der Waals surface area contributed by atoms with Crippen molar-refractivity contribution in [2.75, 3.05) is 6.54 Å². The van der Waals surface area contributed by atoms with Gasteiger partial charge in [0.25, 0.3) is 0 Å². The van der Waals surface area contributed by atoms with Gasteiger partial charge in [0.15, 0.2) is 0 Å². The Kier molecular flexibility index (Phi) is 3.27. The molecule has 1 heterocycles. The quantitative estimate of drug-likeness (QED) is 0.758. The van der Waals surface area contributed by atoms with Crippen LogP contribution in [-0.2, 0) is 11.2 Å². The number of carboxylic acid groups (broad SMARTS) is 1. The van der Waals surface area contributed by atoms with Gasteiger partial charge in [0, 0.05) is 0 Å². The molecule has 4 N–H and O–H groups in total. The molecule has 19 heavy (non-hydrogen) atoms. The van der Waals surface area contributed by atoms with Gasteiger partial charge < -0.3 is 16.2 Å². The zero-order chi connectivity index (χ0) is 14.3. The monoisotopic (exact) mass is 274 g/mol. The van der Waals surface area contributed by atoms with Crippen LogP contribution < -0.4 is 11.1 Å². The van der Waals surface area contributed by atoms with E-state index < -0.39 is 23.7 Å². The highest BCUT2D eigenvalue weighted by molar-refractivity contribution is 5.81. The first-order chi connectivity index (χ1) is 8.78. The molecule has 0 aliphatic carbocycles. The fourth-order valence-corrected chi connectivity index (χ4v) is 2.32. The molecule has 0 fully saturated rings. The summed E-state index contributed by atoms with van der Waals surface area (Å²) < 4.78 is 39.3. The Morgan fingerprint density at radius 2 is 2.00 bits per heavy atom. The van der Waals surface area contributed by atoms with E-state index in [9.17, 15) is 18.0 Å². The third-order valence-electron chi connectivity index (χ3n) is 3.39. The summed E-state index contributed by atoms with van der Waals surface area (Å²) in [5, 5.41) is 11.5. The van der Waals surface area contributed by atoms with Crippen molar-refractivity contribution in [1.29, 1.82) is 0 Å². The Labute approximate surface area is 107 Å². The van der Waals surface area contributed by atoms with Crippen LogP contribution in [0.5, 0.6) is 0 Å². The molecule has 0 amide bonds. The summed E-state index contributed by atoms with van der Waals surface area (Å²) in [6.07, 6.45) is -4.51. The average Bonchev–Trinajstić information content (AvgIpc) is 2.35. The number of fused-ring (bicyclic) bond motifs is 1. The number of hydrogen-bond acceptors (Lipinski definition) is 3. The predicted molar refractivity (Wildman–Crippen MR) is 61.5 cm³/mol. The van der Waals surface area contributed by atoms with Crippen LogP contribution in [0.2, 0.25) is 0 Å². The van der Waals surface area contributed by atoms with Crippen molar-refractivity contribution in [2.24, 2.45) is 5.73 Å². The molecule has 104 valence electrons. The Morgan fingerprint density at radius 1 is 1.37 bits per heavy atom. The molecule has 2 rings (SSSR count). The molecule has 7 heteroatoms. The third kappa shape index (κ3) is 2.08. The van der Waals surface area contributed by atoms with Gasteiger partial charge in [0.05, 0.1) is 6.04 Å². The Bertz CT molecular complexity index is 504. The van der Waals surface area contributed by atoms with E-state index in [4.69, 9.17) is 10.8 Å². The smallest absolute Gasteiger partial charge is 0.419 e. The highest BCUT2D eigenvalue weighted by Gasteiger charge is 2.63. The van der Waals surface area contributed by atoms with Gasteiger partial charge in [0.2, 0.25) is 5.54 Å². The van der Waals surface area contributed by atoms with Crippen LogP contribution in [0.4, 0.5) is 13.2 Å². The zero-order valence-electron chi connectivity index (χ0n) is 9.87. The summed E-state index contributed by atoms with van der Waals surface area (Å²) in [7, 11) is 0. The summed E-state index contributed by atoms with van der Waals surface area (Å²) in [4.78, 5) is 11.1. The number of carbonyl (C=O) groups is 1. The van der Waals surface area contributed by atoms with Crippen molar-refractivity contribution in [3.63, 3.8) is 0 Å². The molecule has 0 saturated carbocycles. The molecule has 2 unspecified atom stereocenters. The minimum Gasteiger partial charge on any atom is -0.480 e. The van der Waals surface area contributed by atoms with Crippen LogP contribution in [0, 0.1) is 0 Å². The first-order valence-corrected chi connectivity index (χ1v) is 5.68. The molecule has 1 aromatic rings. The first kappa shape index (κ1) is 13.8. The topological polar surface area (TPSA) is 75.4 Å². The molecular formula is C12H13F3N2O2. The van der Waals surface area contributed by atoms with Crippen LogP contribution in [0.25, 0.3) is 0 Å². The molecule has 4 nitrogen and oxygen atoms in total. The highest BCUT2D eigenvalue weighted by Crippen LogP contribution is 2.40. The number of nitrogens with two attached hydrogens (primary N) is 1. The number of nitrogens with one attached hydrogen (secondary N) is 1. The van der Waals surface area contributed by atoms with Crippen molar-refractivity contribution < 1.29 is 23.1 Å². The molecule has 0 saturated heterocycles. The number of rotatable bonds is 2. The van der Waals surface area contributed by atoms with E-state index in [1.54, 1.807) is 18.2 Å². The predicted octanol–water partition coefficient (Wildman–Crippen LogP) is 1.22. The molecular weight excluding hydrogens is 261 g/mol. The largest absolute Gasteiger partial charge is 0.480 e. The first-order valence-electron chi connectivity index (χ1n) is 5.68. The normalized spacial score (nSPS) is 22.4. The van der Waals surface area contributed by atoms with Crippen molar-refractivity contribution in [3.8, 4) is 0 Å². The molecule has 1 aromatic carbocycles. The maximum atomic E-state index is 13.1. The molecule has 0 aromatic heterocycles. The van der Waals surface area contributed by atoms with Gasteiger partial charge in [-0.15, -0.1) is 0 Å². The molecule has 0 spiro atoms. The number of carboxylic acids is 1. The van der Waals surface area contributed by atoms with E-state index in [2.05, 4.69) is 5.32 Å². The Hall–Kier alpha value is -1.60. The van der Waals surface area contributed by atoms with Crippen LogP contribution in [0.1, 0.15) is 17.2 Å². The lowest BCUT2D eigenvalue weighted by Crippen LogP contribution is -2.67. The molecule has 2 atom stereocenters. The number of aliphatic carboxylic acids is 1. The maximum Gasteiger partial charge on any atom is 0.419 e. The number of alkyl halides is 3. The molecule has 1 aliphatic heterocycles. The summed E-state index contributed by atoms with van der Waals surface area (Å²) in [5.74, 6) is -2.09. The van der Waals surface area contributed by atoms with Gasteiger partial charge in [0.1, 0.15) is 0 Å². The Morgan fingerprint density at radius 3 is 2.58 bits per heavy atom. The third-order valence-corrected chi connectivity index (χ3v) is 3.39. The van der Waals surface area contributed by atoms with Crippen LogP contribution in [0.15, 0.2) is 24.3 Å². The standard InChI is InChI=1S/C12H13F3N2O2/c13-12(14,15)11(16,10(18)19)9-8-4-2-1-3-7(8)5-6-17-9/h1-4,9,17H,5-6,16H2,(H,18,19). The lowest BCUT2D eigenvalue weighted by Gasteiger charge is -2.39. The zero-order valence-corrected chi connectivity index (χ0v) is 9.87. The second-order valence-corrected chi connectivity index (χ2v) is 4.51. The van der Waals surface area contributed by atoms with E-state index in [1.165, 1.54) is 6.07 Å². The van der Waals surface area contributed by atoms with E-state index in [-0.39, 0.29) is 12.1 Å². The van der Waals surface area contributed by atoms with Gasteiger partial charge in [-0.05, 0) is 24.1 Å². The second-order valence-electron chi connectivity index (χ2n) is 4.51. The molecule has 0 radical (unpaired) electrons. The maximum absolute atomic E-state index is 13.1. The summed E-state index contributed by atoms with van der Waals surface area (Å²) in [6, 6.07) is 4.94. The summed E-state index contributed by atoms with van der Waals surface area (Å²) in [5.41, 5.74) is 2.85. The SMILES string of the molecule is NC(C(=O)O)(C1NCCc2ccccc21)C(F)(F)F. The fraction of sp³-hybridized carbons (Fsp3) is 0.417. The van der Waals surface area contributed by atoms with Gasteiger partial charge in [-0.3, -0.25) is 0 Å². The highest BCUT2D eigenvalue weighted by atomic mass is 19.4. The van der Waals surface area contributed by atoms with E-state index in [0.717, 1.165) is 0 Å². The lowest BCUT2D eigenvalue weighted by atomic mass is 9.80. The fourth-order valence-electron chi connectivity index (χ4n) is 2.32. The van der Waals surface area contributed by atoms with E-state index >= 15 is 0 Å². The molecule has 1 aliphatic rings. The minimum absolute atomic E-state index is 0.254. The number of benzene rings is 1. The van der Waals surface area contributed by atoms with E-state index in [0.29, 0.717) is 12.0 Å². The minimum atomic E-state index is -5.05. The Balaban J connectivity index is 2.55.